The summed E-state index contributed by atoms with van der Waals surface area (Å²) < 4.78 is 0. The van der Waals surface area contributed by atoms with Crippen LogP contribution < -0.4 is 10.9 Å². The van der Waals surface area contributed by atoms with Crippen LogP contribution in [-0.4, -0.2) is 16.0 Å². The molecule has 4 nitrogen and oxygen atoms in total. The van der Waals surface area contributed by atoms with E-state index in [1.807, 2.05) is 44.2 Å². The van der Waals surface area contributed by atoms with Gasteiger partial charge in [-0.3, -0.25) is 9.78 Å². The lowest BCUT2D eigenvalue weighted by atomic mass is 10.1. The Labute approximate surface area is 99.7 Å². The molecule has 2 rings (SSSR count). The van der Waals surface area contributed by atoms with E-state index in [0.29, 0.717) is 11.6 Å². The third kappa shape index (κ3) is 2.93. The molecule has 0 radical (unpaired) electrons. The number of aromatic nitrogens is 2. The number of H-pyrrole nitrogens is 1. The van der Waals surface area contributed by atoms with E-state index < -0.39 is 0 Å². The van der Waals surface area contributed by atoms with Crippen LogP contribution in [0.4, 0.5) is 5.95 Å². The highest BCUT2D eigenvalue weighted by molar-refractivity contribution is 5.59. The normalized spacial score (nSPS) is 10.5. The van der Waals surface area contributed by atoms with E-state index in [1.165, 1.54) is 6.07 Å². The molecule has 4 heteroatoms. The summed E-state index contributed by atoms with van der Waals surface area (Å²) in [6.07, 6.45) is 0. The largest absolute Gasteiger partial charge is 0.354 e. The quantitative estimate of drug-likeness (QED) is 0.848. The van der Waals surface area contributed by atoms with E-state index in [1.54, 1.807) is 0 Å². The maximum absolute atomic E-state index is 11.5. The van der Waals surface area contributed by atoms with Crippen LogP contribution in [0, 0.1) is 0 Å². The summed E-state index contributed by atoms with van der Waals surface area (Å²) >= 11 is 0. The number of hydrogen-bond acceptors (Lipinski definition) is 3. The van der Waals surface area contributed by atoms with Gasteiger partial charge in [0.05, 0.1) is 5.69 Å². The lowest BCUT2D eigenvalue weighted by Gasteiger charge is -2.09. The molecule has 0 amide bonds. The van der Waals surface area contributed by atoms with Gasteiger partial charge in [0, 0.05) is 17.7 Å². The van der Waals surface area contributed by atoms with Gasteiger partial charge in [0.1, 0.15) is 0 Å². The summed E-state index contributed by atoms with van der Waals surface area (Å²) in [6, 6.07) is 11.4. The molecule has 0 spiro atoms. The van der Waals surface area contributed by atoms with Crippen molar-refractivity contribution in [1.82, 2.24) is 9.97 Å². The first-order chi connectivity index (χ1) is 8.15. The predicted octanol–water partition coefficient (Wildman–Crippen LogP) is 2.26. The second kappa shape index (κ2) is 4.82. The van der Waals surface area contributed by atoms with Gasteiger partial charge in [0.15, 0.2) is 0 Å². The topological polar surface area (TPSA) is 57.8 Å². The number of nitrogens with one attached hydrogen (secondary N) is 2. The van der Waals surface area contributed by atoms with Crippen molar-refractivity contribution in [3.8, 4) is 11.3 Å². The van der Waals surface area contributed by atoms with Crippen LogP contribution in [0.1, 0.15) is 13.8 Å². The Balaban J connectivity index is 2.42. The molecule has 1 aromatic heterocycles. The summed E-state index contributed by atoms with van der Waals surface area (Å²) in [5, 5.41) is 3.09. The van der Waals surface area contributed by atoms with Gasteiger partial charge >= 0.3 is 0 Å². The average Bonchev–Trinajstić information content (AvgIpc) is 2.28. The van der Waals surface area contributed by atoms with Crippen LogP contribution in [0.5, 0.6) is 0 Å². The third-order valence-electron chi connectivity index (χ3n) is 2.24. The minimum Gasteiger partial charge on any atom is -0.354 e. The molecule has 1 heterocycles. The zero-order valence-corrected chi connectivity index (χ0v) is 9.90. The average molecular weight is 229 g/mol. The SMILES string of the molecule is CC(C)Nc1nc(-c2ccccc2)cc(=O)[nH]1. The summed E-state index contributed by atoms with van der Waals surface area (Å²) in [6.45, 7) is 3.99. The molecule has 0 aliphatic rings. The van der Waals surface area contributed by atoms with Crippen molar-refractivity contribution in [2.24, 2.45) is 0 Å². The van der Waals surface area contributed by atoms with E-state index in [-0.39, 0.29) is 11.6 Å². The summed E-state index contributed by atoms with van der Waals surface area (Å²) in [7, 11) is 0. The molecule has 1 aromatic carbocycles. The fourth-order valence-corrected chi connectivity index (χ4v) is 1.56. The molecule has 0 aliphatic heterocycles. The van der Waals surface area contributed by atoms with Crippen LogP contribution in [0.15, 0.2) is 41.2 Å². The van der Waals surface area contributed by atoms with Crippen molar-refractivity contribution in [3.05, 3.63) is 46.8 Å². The Morgan fingerprint density at radius 3 is 2.59 bits per heavy atom. The third-order valence-corrected chi connectivity index (χ3v) is 2.24. The minimum absolute atomic E-state index is 0.151. The van der Waals surface area contributed by atoms with Crippen molar-refractivity contribution in [1.29, 1.82) is 0 Å². The highest BCUT2D eigenvalue weighted by atomic mass is 16.1. The monoisotopic (exact) mass is 229 g/mol. The first kappa shape index (κ1) is 11.4. The van der Waals surface area contributed by atoms with E-state index in [0.717, 1.165) is 5.56 Å². The van der Waals surface area contributed by atoms with Crippen LogP contribution in [0.25, 0.3) is 11.3 Å². The Hall–Kier alpha value is -2.10. The standard InChI is InChI=1S/C13H15N3O/c1-9(2)14-13-15-11(8-12(17)16-13)10-6-4-3-5-7-10/h3-9H,1-2H3,(H2,14,15,16,17). The molecule has 17 heavy (non-hydrogen) atoms. The van der Waals surface area contributed by atoms with Crippen LogP contribution in [0.3, 0.4) is 0 Å². The van der Waals surface area contributed by atoms with Gasteiger partial charge in [-0.2, -0.15) is 0 Å². The Morgan fingerprint density at radius 2 is 1.94 bits per heavy atom. The Morgan fingerprint density at radius 1 is 1.24 bits per heavy atom. The van der Waals surface area contributed by atoms with Crippen LogP contribution >= 0.6 is 0 Å². The second-order valence-electron chi connectivity index (χ2n) is 4.14. The number of anilines is 1. The van der Waals surface area contributed by atoms with E-state index in [2.05, 4.69) is 15.3 Å². The molecule has 88 valence electrons. The summed E-state index contributed by atoms with van der Waals surface area (Å²) in [5.74, 6) is 0.506. The summed E-state index contributed by atoms with van der Waals surface area (Å²) in [5.41, 5.74) is 1.46. The van der Waals surface area contributed by atoms with Gasteiger partial charge in [-0.25, -0.2) is 4.98 Å². The van der Waals surface area contributed by atoms with Crippen molar-refractivity contribution in [2.75, 3.05) is 5.32 Å². The zero-order valence-electron chi connectivity index (χ0n) is 9.90. The van der Waals surface area contributed by atoms with Gasteiger partial charge in [-0.15, -0.1) is 0 Å². The van der Waals surface area contributed by atoms with Gasteiger partial charge in [-0.05, 0) is 13.8 Å². The van der Waals surface area contributed by atoms with Crippen molar-refractivity contribution >= 4 is 5.95 Å². The Kier molecular flexibility index (Phi) is 3.23. The molecular formula is C13H15N3O. The van der Waals surface area contributed by atoms with Crippen LogP contribution in [-0.2, 0) is 0 Å². The predicted molar refractivity (Wildman–Crippen MR) is 69.1 cm³/mol. The fourth-order valence-electron chi connectivity index (χ4n) is 1.56. The minimum atomic E-state index is -0.151. The molecule has 0 saturated carbocycles. The summed E-state index contributed by atoms with van der Waals surface area (Å²) in [4.78, 5) is 18.6. The van der Waals surface area contributed by atoms with E-state index >= 15 is 0 Å². The fraction of sp³-hybridized carbons (Fsp3) is 0.231. The van der Waals surface area contributed by atoms with Gasteiger partial charge in [0.2, 0.25) is 5.95 Å². The molecule has 0 aliphatic carbocycles. The van der Waals surface area contributed by atoms with Crippen molar-refractivity contribution in [3.63, 3.8) is 0 Å². The van der Waals surface area contributed by atoms with Crippen molar-refractivity contribution in [2.45, 2.75) is 19.9 Å². The second-order valence-corrected chi connectivity index (χ2v) is 4.14. The first-order valence-electron chi connectivity index (χ1n) is 5.58. The van der Waals surface area contributed by atoms with Gasteiger partial charge < -0.3 is 5.32 Å². The molecular weight excluding hydrogens is 214 g/mol. The lowest BCUT2D eigenvalue weighted by molar-refractivity contribution is 0.872. The molecule has 0 unspecified atom stereocenters. The van der Waals surface area contributed by atoms with Gasteiger partial charge in [0.25, 0.3) is 5.56 Å². The lowest BCUT2D eigenvalue weighted by Crippen LogP contribution is -2.17. The smallest absolute Gasteiger partial charge is 0.252 e. The Bertz CT molecular complexity index is 546. The van der Waals surface area contributed by atoms with Gasteiger partial charge in [-0.1, -0.05) is 30.3 Å². The van der Waals surface area contributed by atoms with E-state index in [9.17, 15) is 4.79 Å². The number of nitrogens with zero attached hydrogens (tertiary/aromatic N) is 1. The highest BCUT2D eigenvalue weighted by Gasteiger charge is 2.04. The molecule has 2 N–H and O–H groups in total. The number of hydrogen-bond donors (Lipinski definition) is 2. The molecule has 0 saturated heterocycles. The maximum atomic E-state index is 11.5. The first-order valence-corrected chi connectivity index (χ1v) is 5.58. The molecule has 0 atom stereocenters. The number of rotatable bonds is 3. The molecule has 0 bridgehead atoms. The number of benzene rings is 1. The zero-order chi connectivity index (χ0) is 12.3. The highest BCUT2D eigenvalue weighted by Crippen LogP contribution is 2.15. The van der Waals surface area contributed by atoms with Crippen LogP contribution in [0.2, 0.25) is 0 Å². The molecule has 0 fully saturated rings. The van der Waals surface area contributed by atoms with Crippen molar-refractivity contribution < 1.29 is 0 Å². The maximum Gasteiger partial charge on any atom is 0.252 e. The van der Waals surface area contributed by atoms with E-state index in [4.69, 9.17) is 0 Å². The number of aromatic amines is 1. The molecule has 2 aromatic rings.